The van der Waals surface area contributed by atoms with Gasteiger partial charge in [-0.25, -0.2) is 0 Å². The molecule has 2 rings (SSSR count). The van der Waals surface area contributed by atoms with Gasteiger partial charge in [0.1, 0.15) is 0 Å². The molecule has 1 aliphatic carbocycles. The fourth-order valence-electron chi connectivity index (χ4n) is 2.62. The van der Waals surface area contributed by atoms with Gasteiger partial charge in [-0.3, -0.25) is 4.79 Å². The number of carbonyl (C=O) groups excluding carboxylic acids is 1. The van der Waals surface area contributed by atoms with Crippen LogP contribution in [0, 0.1) is 11.8 Å². The summed E-state index contributed by atoms with van der Waals surface area (Å²) in [5.41, 5.74) is 0. The summed E-state index contributed by atoms with van der Waals surface area (Å²) in [4.78, 5) is 12.1. The first-order chi connectivity index (χ1) is 9.48. The molecule has 0 spiro atoms. The van der Waals surface area contributed by atoms with Crippen molar-refractivity contribution < 1.29 is 19.0 Å². The van der Waals surface area contributed by atoms with E-state index in [4.69, 9.17) is 14.2 Å². The van der Waals surface area contributed by atoms with Gasteiger partial charge in [-0.2, -0.15) is 0 Å². The zero-order valence-corrected chi connectivity index (χ0v) is 12.8. The predicted octanol–water partition coefficient (Wildman–Crippen LogP) is 3.07. The summed E-state index contributed by atoms with van der Waals surface area (Å²) < 4.78 is 16.8. The molecule has 20 heavy (non-hydrogen) atoms. The largest absolute Gasteiger partial charge is 0.498 e. The summed E-state index contributed by atoms with van der Waals surface area (Å²) in [7, 11) is 0. The van der Waals surface area contributed by atoms with E-state index in [0.717, 1.165) is 31.4 Å². The molecular formula is C16H26O4. The van der Waals surface area contributed by atoms with Crippen LogP contribution in [0.2, 0.25) is 0 Å². The molecule has 4 nitrogen and oxygen atoms in total. The highest BCUT2D eigenvalue weighted by Crippen LogP contribution is 2.31. The lowest BCUT2D eigenvalue weighted by molar-refractivity contribution is -0.150. The molecule has 1 atom stereocenters. The van der Waals surface area contributed by atoms with Gasteiger partial charge in [0.15, 0.2) is 11.6 Å². The van der Waals surface area contributed by atoms with Crippen molar-refractivity contribution in [2.24, 2.45) is 11.8 Å². The molecule has 0 aromatic carbocycles. The standard InChI is InChI=1S/C16H26O4/c1-12(2)11-18-14-5-4-13(15(17)10-14)6-7-16(3)19-8-9-20-16/h10,12-13H,4-9,11H2,1-3H3. The molecule has 2 aliphatic rings. The Bertz CT molecular complexity index is 367. The van der Waals surface area contributed by atoms with Gasteiger partial charge in [0.05, 0.1) is 25.6 Å². The highest BCUT2D eigenvalue weighted by molar-refractivity contribution is 5.92. The number of hydrogen-bond donors (Lipinski definition) is 0. The summed E-state index contributed by atoms with van der Waals surface area (Å²) in [6.07, 6.45) is 5.03. The maximum Gasteiger partial charge on any atom is 0.165 e. The summed E-state index contributed by atoms with van der Waals surface area (Å²) in [5.74, 6) is 1.13. The molecule has 1 saturated heterocycles. The molecule has 114 valence electrons. The number of allylic oxidation sites excluding steroid dienone is 2. The number of rotatable bonds is 6. The highest BCUT2D eigenvalue weighted by atomic mass is 16.7. The molecule has 0 aromatic rings. The Morgan fingerprint density at radius 1 is 1.40 bits per heavy atom. The first-order valence-corrected chi connectivity index (χ1v) is 7.64. The van der Waals surface area contributed by atoms with Gasteiger partial charge in [0.2, 0.25) is 0 Å². The van der Waals surface area contributed by atoms with Crippen molar-refractivity contribution in [1.82, 2.24) is 0 Å². The topological polar surface area (TPSA) is 44.8 Å². The monoisotopic (exact) mass is 282 g/mol. The second-order valence-corrected chi connectivity index (χ2v) is 6.32. The number of carbonyl (C=O) groups is 1. The van der Waals surface area contributed by atoms with Crippen LogP contribution in [-0.2, 0) is 19.0 Å². The molecule has 1 fully saturated rings. The van der Waals surface area contributed by atoms with Crippen molar-refractivity contribution in [2.45, 2.75) is 52.2 Å². The zero-order valence-electron chi connectivity index (χ0n) is 12.8. The fourth-order valence-corrected chi connectivity index (χ4v) is 2.62. The summed E-state index contributed by atoms with van der Waals surface area (Å²) in [6.45, 7) is 8.17. The van der Waals surface area contributed by atoms with Crippen LogP contribution in [0.15, 0.2) is 11.8 Å². The predicted molar refractivity (Wildman–Crippen MR) is 76.1 cm³/mol. The average molecular weight is 282 g/mol. The molecule has 1 heterocycles. The Balaban J connectivity index is 1.79. The normalized spacial score (nSPS) is 25.9. The van der Waals surface area contributed by atoms with Gasteiger partial charge >= 0.3 is 0 Å². The Morgan fingerprint density at radius 3 is 2.70 bits per heavy atom. The Kier molecular flexibility index (Phi) is 5.22. The zero-order chi connectivity index (χ0) is 14.6. The van der Waals surface area contributed by atoms with Crippen LogP contribution in [0.1, 0.15) is 46.5 Å². The summed E-state index contributed by atoms with van der Waals surface area (Å²) in [6, 6.07) is 0. The third-order valence-electron chi connectivity index (χ3n) is 3.89. The second kappa shape index (κ2) is 6.72. The van der Waals surface area contributed by atoms with E-state index in [1.165, 1.54) is 0 Å². The van der Waals surface area contributed by atoms with Crippen molar-refractivity contribution in [3.63, 3.8) is 0 Å². The molecule has 0 saturated carbocycles. The lowest BCUT2D eigenvalue weighted by atomic mass is 9.87. The van der Waals surface area contributed by atoms with Gasteiger partial charge in [-0.15, -0.1) is 0 Å². The Hall–Kier alpha value is -0.870. The molecular weight excluding hydrogens is 256 g/mol. The first kappa shape index (κ1) is 15.5. The van der Waals surface area contributed by atoms with Gasteiger partial charge in [-0.05, 0) is 25.7 Å². The highest BCUT2D eigenvalue weighted by Gasteiger charge is 2.33. The van der Waals surface area contributed by atoms with Crippen LogP contribution in [0.5, 0.6) is 0 Å². The lowest BCUT2D eigenvalue weighted by Crippen LogP contribution is -2.28. The lowest BCUT2D eigenvalue weighted by Gasteiger charge is -2.26. The van der Waals surface area contributed by atoms with E-state index in [-0.39, 0.29) is 11.7 Å². The van der Waals surface area contributed by atoms with Crippen molar-refractivity contribution in [3.8, 4) is 0 Å². The molecule has 0 N–H and O–H groups in total. The number of ether oxygens (including phenoxy) is 3. The minimum atomic E-state index is -0.488. The quantitative estimate of drug-likeness (QED) is 0.751. The van der Waals surface area contributed by atoms with E-state index >= 15 is 0 Å². The number of hydrogen-bond acceptors (Lipinski definition) is 4. The van der Waals surface area contributed by atoms with Crippen molar-refractivity contribution in [2.75, 3.05) is 19.8 Å². The molecule has 4 heteroatoms. The molecule has 0 bridgehead atoms. The smallest absolute Gasteiger partial charge is 0.165 e. The van der Waals surface area contributed by atoms with Gasteiger partial charge in [-0.1, -0.05) is 13.8 Å². The minimum Gasteiger partial charge on any atom is -0.498 e. The Morgan fingerprint density at radius 2 is 2.10 bits per heavy atom. The van der Waals surface area contributed by atoms with E-state index < -0.39 is 5.79 Å². The van der Waals surface area contributed by atoms with Gasteiger partial charge in [0, 0.05) is 24.8 Å². The maximum atomic E-state index is 12.1. The van der Waals surface area contributed by atoms with E-state index in [2.05, 4.69) is 13.8 Å². The Labute approximate surface area is 121 Å². The minimum absolute atomic E-state index is 0.0889. The van der Waals surface area contributed by atoms with E-state index in [9.17, 15) is 4.79 Å². The van der Waals surface area contributed by atoms with Gasteiger partial charge in [0.25, 0.3) is 0 Å². The molecule has 0 aromatic heterocycles. The van der Waals surface area contributed by atoms with Crippen LogP contribution in [0.3, 0.4) is 0 Å². The molecule has 0 radical (unpaired) electrons. The molecule has 0 amide bonds. The first-order valence-electron chi connectivity index (χ1n) is 7.64. The summed E-state index contributed by atoms with van der Waals surface area (Å²) >= 11 is 0. The van der Waals surface area contributed by atoms with Gasteiger partial charge < -0.3 is 14.2 Å². The van der Waals surface area contributed by atoms with Crippen molar-refractivity contribution >= 4 is 5.78 Å². The number of ketones is 1. The third-order valence-corrected chi connectivity index (χ3v) is 3.89. The van der Waals surface area contributed by atoms with E-state index in [1.54, 1.807) is 6.08 Å². The fraction of sp³-hybridized carbons (Fsp3) is 0.812. The SMILES string of the molecule is CC(C)COC1=CC(=O)C(CCC2(C)OCCO2)CC1. The average Bonchev–Trinajstić information content (AvgIpc) is 2.82. The van der Waals surface area contributed by atoms with Crippen LogP contribution in [-0.4, -0.2) is 31.4 Å². The van der Waals surface area contributed by atoms with E-state index in [0.29, 0.717) is 25.7 Å². The van der Waals surface area contributed by atoms with Crippen LogP contribution in [0.4, 0.5) is 0 Å². The van der Waals surface area contributed by atoms with Crippen LogP contribution in [0.25, 0.3) is 0 Å². The van der Waals surface area contributed by atoms with E-state index in [1.807, 2.05) is 6.92 Å². The second-order valence-electron chi connectivity index (χ2n) is 6.32. The maximum absolute atomic E-state index is 12.1. The molecule has 1 unspecified atom stereocenters. The molecule has 1 aliphatic heterocycles. The third kappa shape index (κ3) is 4.32. The summed E-state index contributed by atoms with van der Waals surface area (Å²) in [5, 5.41) is 0. The van der Waals surface area contributed by atoms with Crippen molar-refractivity contribution in [1.29, 1.82) is 0 Å². The van der Waals surface area contributed by atoms with Crippen molar-refractivity contribution in [3.05, 3.63) is 11.8 Å². The van der Waals surface area contributed by atoms with Crippen LogP contribution >= 0.6 is 0 Å². The van der Waals surface area contributed by atoms with Crippen LogP contribution < -0.4 is 0 Å².